The monoisotopic (exact) mass is 485 g/mol. The van der Waals surface area contributed by atoms with Crippen molar-refractivity contribution in [3.05, 3.63) is 67.8 Å². The number of nitrogens with one attached hydrogen (secondary N) is 1. The molecule has 1 fully saturated rings. The third kappa shape index (κ3) is 4.82. The van der Waals surface area contributed by atoms with Crippen LogP contribution < -0.4 is 26.0 Å². The predicted octanol–water partition coefficient (Wildman–Crippen LogP) is 3.33. The molecule has 0 atom stereocenters. The highest BCUT2D eigenvalue weighted by atomic mass is 35.5. The summed E-state index contributed by atoms with van der Waals surface area (Å²) < 4.78 is 13.2. The van der Waals surface area contributed by atoms with Gasteiger partial charge in [-0.05, 0) is 30.5 Å². The van der Waals surface area contributed by atoms with E-state index in [0.717, 1.165) is 30.3 Å². The minimum atomic E-state index is -0.594. The molecule has 3 aromatic rings. The number of hydrogen-bond acceptors (Lipinski definition) is 5. The number of fused-ring (bicyclic) bond motifs is 1. The third-order valence-corrected chi connectivity index (χ3v) is 6.66. The van der Waals surface area contributed by atoms with E-state index in [9.17, 15) is 14.4 Å². The van der Waals surface area contributed by atoms with Crippen LogP contribution in [0.15, 0.2) is 46.0 Å². The Labute approximate surface area is 202 Å². The van der Waals surface area contributed by atoms with Gasteiger partial charge in [-0.1, -0.05) is 49.1 Å². The molecule has 0 bridgehead atoms. The molecule has 0 saturated heterocycles. The van der Waals surface area contributed by atoms with Crippen LogP contribution in [-0.4, -0.2) is 35.3 Å². The maximum atomic E-state index is 13.5. The van der Waals surface area contributed by atoms with Crippen LogP contribution in [0, 0.1) is 0 Å². The van der Waals surface area contributed by atoms with Crippen LogP contribution in [0.1, 0.15) is 37.7 Å². The molecule has 0 aliphatic heterocycles. The van der Waals surface area contributed by atoms with Crippen LogP contribution in [0.4, 0.5) is 0 Å². The fourth-order valence-corrected chi connectivity index (χ4v) is 4.69. The van der Waals surface area contributed by atoms with Crippen molar-refractivity contribution in [3.8, 4) is 11.5 Å². The summed E-state index contributed by atoms with van der Waals surface area (Å²) in [5, 5.41) is 3.73. The lowest BCUT2D eigenvalue weighted by Crippen LogP contribution is -2.44. The predicted molar refractivity (Wildman–Crippen MR) is 131 cm³/mol. The van der Waals surface area contributed by atoms with E-state index < -0.39 is 11.2 Å². The maximum Gasteiger partial charge on any atom is 0.332 e. The smallest absolute Gasteiger partial charge is 0.332 e. The van der Waals surface area contributed by atoms with Gasteiger partial charge in [-0.2, -0.15) is 0 Å². The first-order valence-corrected chi connectivity index (χ1v) is 11.7. The maximum absolute atomic E-state index is 13.5. The summed E-state index contributed by atoms with van der Waals surface area (Å²) in [5.74, 6) is 0.445. The summed E-state index contributed by atoms with van der Waals surface area (Å²) in [4.78, 5) is 39.9. The normalized spacial score (nSPS) is 14.2. The molecule has 34 heavy (non-hydrogen) atoms. The van der Waals surface area contributed by atoms with Crippen molar-refractivity contribution in [1.82, 2.24) is 14.5 Å². The fourth-order valence-electron chi connectivity index (χ4n) is 4.50. The minimum Gasteiger partial charge on any atom is -0.493 e. The lowest BCUT2D eigenvalue weighted by molar-refractivity contribution is -0.122. The Balaban J connectivity index is 1.83. The zero-order chi connectivity index (χ0) is 24.2. The number of halogens is 1. The van der Waals surface area contributed by atoms with E-state index >= 15 is 0 Å². The summed E-state index contributed by atoms with van der Waals surface area (Å²) in [5.41, 5.74) is -0.156. The van der Waals surface area contributed by atoms with Crippen molar-refractivity contribution >= 4 is 28.4 Å². The van der Waals surface area contributed by atoms with Crippen LogP contribution in [0.25, 0.3) is 10.9 Å². The number of methoxy groups -OCH3 is 2. The number of ether oxygens (including phenoxy) is 2. The Morgan fingerprint density at radius 2 is 1.71 bits per heavy atom. The number of rotatable bonds is 7. The number of benzene rings is 2. The molecular formula is C25H28ClN3O5. The molecule has 9 heteroatoms. The van der Waals surface area contributed by atoms with Gasteiger partial charge in [0.1, 0.15) is 6.54 Å². The van der Waals surface area contributed by atoms with Gasteiger partial charge in [-0.25, -0.2) is 4.79 Å². The van der Waals surface area contributed by atoms with Crippen LogP contribution in [0.3, 0.4) is 0 Å². The molecule has 1 aliphatic carbocycles. The van der Waals surface area contributed by atoms with Crippen molar-refractivity contribution in [2.24, 2.45) is 0 Å². The Morgan fingerprint density at radius 3 is 2.38 bits per heavy atom. The van der Waals surface area contributed by atoms with E-state index in [0.29, 0.717) is 27.6 Å². The molecule has 1 aliphatic rings. The molecule has 1 N–H and O–H groups in total. The molecule has 180 valence electrons. The summed E-state index contributed by atoms with van der Waals surface area (Å²) >= 11 is 6.29. The van der Waals surface area contributed by atoms with Crippen LogP contribution >= 0.6 is 11.6 Å². The molecular weight excluding hydrogens is 458 g/mol. The van der Waals surface area contributed by atoms with Gasteiger partial charge in [0.2, 0.25) is 5.91 Å². The number of hydrogen-bond donors (Lipinski definition) is 1. The molecule has 1 amide bonds. The Morgan fingerprint density at radius 1 is 1.03 bits per heavy atom. The lowest BCUT2D eigenvalue weighted by atomic mass is 9.95. The second kappa shape index (κ2) is 10.3. The van der Waals surface area contributed by atoms with Crippen LogP contribution in [0.2, 0.25) is 5.02 Å². The second-order valence-electron chi connectivity index (χ2n) is 8.48. The molecule has 4 rings (SSSR count). The van der Waals surface area contributed by atoms with E-state index in [4.69, 9.17) is 21.1 Å². The van der Waals surface area contributed by atoms with E-state index in [1.807, 2.05) is 0 Å². The number of carbonyl (C=O) groups excluding carboxylic acids is 1. The molecule has 1 saturated carbocycles. The SMILES string of the molecule is COc1cc2c(=O)n(Cc3ccccc3Cl)c(=O)n(CC(=O)NC3CCCCC3)c2cc1OC. The summed E-state index contributed by atoms with van der Waals surface area (Å²) in [6.07, 6.45) is 5.18. The molecule has 1 aromatic heterocycles. The molecule has 0 unspecified atom stereocenters. The molecule has 1 heterocycles. The van der Waals surface area contributed by atoms with Crippen molar-refractivity contribution < 1.29 is 14.3 Å². The molecule has 0 spiro atoms. The number of amides is 1. The van der Waals surface area contributed by atoms with Gasteiger partial charge in [0.25, 0.3) is 5.56 Å². The highest BCUT2D eigenvalue weighted by Crippen LogP contribution is 2.30. The highest BCUT2D eigenvalue weighted by Gasteiger charge is 2.21. The summed E-state index contributed by atoms with van der Waals surface area (Å²) in [6, 6.07) is 10.2. The Hall–Kier alpha value is -3.26. The third-order valence-electron chi connectivity index (χ3n) is 6.29. The van der Waals surface area contributed by atoms with Gasteiger partial charge < -0.3 is 14.8 Å². The van der Waals surface area contributed by atoms with Gasteiger partial charge in [0, 0.05) is 17.1 Å². The van der Waals surface area contributed by atoms with Crippen molar-refractivity contribution in [1.29, 1.82) is 0 Å². The average molecular weight is 486 g/mol. The molecule has 8 nitrogen and oxygen atoms in total. The van der Waals surface area contributed by atoms with Crippen LogP contribution in [-0.2, 0) is 17.9 Å². The minimum absolute atomic E-state index is 0.0220. The van der Waals surface area contributed by atoms with Gasteiger partial charge in [-0.15, -0.1) is 0 Å². The van der Waals surface area contributed by atoms with Crippen molar-refractivity contribution in [2.75, 3.05) is 14.2 Å². The van der Waals surface area contributed by atoms with Gasteiger partial charge in [0.15, 0.2) is 11.5 Å². The van der Waals surface area contributed by atoms with Gasteiger partial charge in [-0.3, -0.25) is 18.7 Å². The first-order valence-electron chi connectivity index (χ1n) is 11.3. The van der Waals surface area contributed by atoms with E-state index in [-0.39, 0.29) is 30.4 Å². The average Bonchev–Trinajstić information content (AvgIpc) is 2.85. The topological polar surface area (TPSA) is 91.6 Å². The molecule has 0 radical (unpaired) electrons. The van der Waals surface area contributed by atoms with E-state index in [2.05, 4.69) is 5.32 Å². The Bertz CT molecular complexity index is 1320. The number of carbonyl (C=O) groups is 1. The van der Waals surface area contributed by atoms with Gasteiger partial charge >= 0.3 is 5.69 Å². The lowest BCUT2D eigenvalue weighted by Gasteiger charge is -2.23. The highest BCUT2D eigenvalue weighted by molar-refractivity contribution is 6.31. The van der Waals surface area contributed by atoms with E-state index in [1.54, 1.807) is 30.3 Å². The summed E-state index contributed by atoms with van der Waals surface area (Å²) in [6.45, 7) is -0.240. The quantitative estimate of drug-likeness (QED) is 0.554. The standard InChI is InChI=1S/C25H28ClN3O5/c1-33-21-12-18-20(13-22(21)34-2)28(15-23(30)27-17-9-4-3-5-10-17)25(32)29(24(18)31)14-16-8-6-7-11-19(16)26/h6-8,11-13,17H,3-5,9-10,14-15H2,1-2H3,(H,27,30). The van der Waals surface area contributed by atoms with Gasteiger partial charge in [0.05, 0.1) is 31.7 Å². The summed E-state index contributed by atoms with van der Waals surface area (Å²) in [7, 11) is 2.94. The zero-order valence-corrected chi connectivity index (χ0v) is 20.1. The van der Waals surface area contributed by atoms with Crippen molar-refractivity contribution in [3.63, 3.8) is 0 Å². The zero-order valence-electron chi connectivity index (χ0n) is 19.3. The second-order valence-corrected chi connectivity index (χ2v) is 8.89. The fraction of sp³-hybridized carbons (Fsp3) is 0.400. The molecule has 2 aromatic carbocycles. The first-order chi connectivity index (χ1) is 16.4. The number of nitrogens with zero attached hydrogens (tertiary/aromatic N) is 2. The Kier molecular flexibility index (Phi) is 7.26. The first kappa shape index (κ1) is 23.9. The van der Waals surface area contributed by atoms with E-state index in [1.165, 1.54) is 31.3 Å². The van der Waals surface area contributed by atoms with Crippen LogP contribution in [0.5, 0.6) is 11.5 Å². The largest absolute Gasteiger partial charge is 0.493 e. The van der Waals surface area contributed by atoms with Crippen molar-refractivity contribution in [2.45, 2.75) is 51.2 Å². The number of aromatic nitrogens is 2.